The van der Waals surface area contributed by atoms with E-state index in [1.807, 2.05) is 18.2 Å². The summed E-state index contributed by atoms with van der Waals surface area (Å²) in [6.07, 6.45) is 2.91. The zero-order valence-corrected chi connectivity index (χ0v) is 11.3. The van der Waals surface area contributed by atoms with E-state index in [4.69, 9.17) is 26.8 Å². The Hall–Kier alpha value is -0.770. The normalized spacial score (nSPS) is 16.8. The smallest absolute Gasteiger partial charge is 0.124 e. The van der Waals surface area contributed by atoms with Gasteiger partial charge in [0.1, 0.15) is 5.75 Å². The van der Waals surface area contributed by atoms with Crippen LogP contribution < -0.4 is 10.5 Å². The molecule has 0 saturated carbocycles. The van der Waals surface area contributed by atoms with Gasteiger partial charge in [0.15, 0.2) is 0 Å². The molecule has 4 heteroatoms. The zero-order valence-electron chi connectivity index (χ0n) is 10.5. The maximum atomic E-state index is 6.17. The molecule has 1 aromatic carbocycles. The van der Waals surface area contributed by atoms with Gasteiger partial charge in [-0.05, 0) is 43.9 Å². The van der Waals surface area contributed by atoms with Crippen molar-refractivity contribution in [1.29, 1.82) is 0 Å². The van der Waals surface area contributed by atoms with Crippen LogP contribution in [-0.4, -0.2) is 26.4 Å². The van der Waals surface area contributed by atoms with E-state index >= 15 is 0 Å². The van der Waals surface area contributed by atoms with Gasteiger partial charge < -0.3 is 15.2 Å². The fourth-order valence-electron chi connectivity index (χ4n) is 2.18. The standard InChI is InChI=1S/C14H20ClNO2/c15-13-2-1-3-14(12(13)4-7-16)18-10-11-5-8-17-9-6-11/h1-3,11H,4-10,16H2. The number of rotatable bonds is 5. The Morgan fingerprint density at radius 1 is 1.33 bits per heavy atom. The summed E-state index contributed by atoms with van der Waals surface area (Å²) in [5.41, 5.74) is 6.63. The lowest BCUT2D eigenvalue weighted by molar-refractivity contribution is 0.0496. The van der Waals surface area contributed by atoms with Crippen LogP contribution in [0.2, 0.25) is 5.02 Å². The lowest BCUT2D eigenvalue weighted by atomic mass is 10.0. The number of hydrogen-bond donors (Lipinski definition) is 1. The molecule has 1 fully saturated rings. The van der Waals surface area contributed by atoms with Crippen LogP contribution in [0, 0.1) is 5.92 Å². The summed E-state index contributed by atoms with van der Waals surface area (Å²) in [5.74, 6) is 1.46. The highest BCUT2D eigenvalue weighted by Gasteiger charge is 2.15. The lowest BCUT2D eigenvalue weighted by Gasteiger charge is -2.23. The predicted octanol–water partition coefficient (Wildman–Crippen LogP) is 2.65. The van der Waals surface area contributed by atoms with E-state index < -0.39 is 0 Å². The summed E-state index contributed by atoms with van der Waals surface area (Å²) in [5, 5.41) is 0.741. The molecule has 0 unspecified atom stereocenters. The summed E-state index contributed by atoms with van der Waals surface area (Å²) in [4.78, 5) is 0. The van der Waals surface area contributed by atoms with Crippen molar-refractivity contribution in [1.82, 2.24) is 0 Å². The van der Waals surface area contributed by atoms with E-state index in [9.17, 15) is 0 Å². The molecule has 0 aliphatic carbocycles. The van der Waals surface area contributed by atoms with Gasteiger partial charge in [0.25, 0.3) is 0 Å². The van der Waals surface area contributed by atoms with Crippen LogP contribution in [0.1, 0.15) is 18.4 Å². The summed E-state index contributed by atoms with van der Waals surface area (Å²) >= 11 is 6.17. The Morgan fingerprint density at radius 3 is 2.83 bits per heavy atom. The number of nitrogens with two attached hydrogens (primary N) is 1. The minimum Gasteiger partial charge on any atom is -0.493 e. The van der Waals surface area contributed by atoms with Crippen molar-refractivity contribution in [3.05, 3.63) is 28.8 Å². The van der Waals surface area contributed by atoms with Crippen molar-refractivity contribution in [3.63, 3.8) is 0 Å². The van der Waals surface area contributed by atoms with Crippen LogP contribution >= 0.6 is 11.6 Å². The second-order valence-electron chi connectivity index (χ2n) is 4.62. The Morgan fingerprint density at radius 2 is 2.11 bits per heavy atom. The molecule has 18 heavy (non-hydrogen) atoms. The van der Waals surface area contributed by atoms with Gasteiger partial charge in [-0.3, -0.25) is 0 Å². The van der Waals surface area contributed by atoms with Crippen molar-refractivity contribution < 1.29 is 9.47 Å². The van der Waals surface area contributed by atoms with E-state index in [-0.39, 0.29) is 0 Å². The molecule has 0 aromatic heterocycles. The SMILES string of the molecule is NCCc1c(Cl)cccc1OCC1CCOCC1. The first-order valence-corrected chi connectivity index (χ1v) is 6.87. The number of benzene rings is 1. The van der Waals surface area contributed by atoms with E-state index in [0.29, 0.717) is 12.5 Å². The molecule has 0 amide bonds. The topological polar surface area (TPSA) is 44.5 Å². The summed E-state index contributed by atoms with van der Waals surface area (Å²) < 4.78 is 11.3. The molecular formula is C14H20ClNO2. The van der Waals surface area contributed by atoms with Crippen LogP contribution in [0.5, 0.6) is 5.75 Å². The van der Waals surface area contributed by atoms with E-state index in [1.54, 1.807) is 0 Å². The first kappa shape index (κ1) is 13.7. The molecule has 1 aromatic rings. The maximum absolute atomic E-state index is 6.17. The second-order valence-corrected chi connectivity index (χ2v) is 5.03. The Bertz CT molecular complexity index is 378. The first-order chi connectivity index (χ1) is 8.81. The monoisotopic (exact) mass is 269 g/mol. The molecule has 1 heterocycles. The molecule has 1 saturated heterocycles. The average Bonchev–Trinajstić information content (AvgIpc) is 2.41. The van der Waals surface area contributed by atoms with Crippen LogP contribution in [-0.2, 0) is 11.2 Å². The lowest BCUT2D eigenvalue weighted by Crippen LogP contribution is -2.21. The first-order valence-electron chi connectivity index (χ1n) is 6.49. The van der Waals surface area contributed by atoms with Crippen molar-refractivity contribution in [2.75, 3.05) is 26.4 Å². The quantitative estimate of drug-likeness (QED) is 0.894. The van der Waals surface area contributed by atoms with Gasteiger partial charge in [0, 0.05) is 23.8 Å². The molecule has 100 valence electrons. The predicted molar refractivity (Wildman–Crippen MR) is 73.2 cm³/mol. The summed E-state index contributed by atoms with van der Waals surface area (Å²) in [6.45, 7) is 3.01. The molecule has 0 radical (unpaired) electrons. The van der Waals surface area contributed by atoms with Crippen LogP contribution in [0.25, 0.3) is 0 Å². The van der Waals surface area contributed by atoms with Crippen molar-refractivity contribution in [3.8, 4) is 5.75 Å². The molecule has 2 rings (SSSR count). The molecule has 2 N–H and O–H groups in total. The highest BCUT2D eigenvalue weighted by Crippen LogP contribution is 2.27. The molecule has 1 aliphatic heterocycles. The summed E-state index contributed by atoms with van der Waals surface area (Å²) in [6, 6.07) is 5.77. The molecule has 1 aliphatic rings. The highest BCUT2D eigenvalue weighted by molar-refractivity contribution is 6.31. The highest BCUT2D eigenvalue weighted by atomic mass is 35.5. The third-order valence-electron chi connectivity index (χ3n) is 3.29. The number of hydrogen-bond acceptors (Lipinski definition) is 3. The van der Waals surface area contributed by atoms with E-state index in [0.717, 1.165) is 55.4 Å². The van der Waals surface area contributed by atoms with Crippen LogP contribution in [0.3, 0.4) is 0 Å². The van der Waals surface area contributed by atoms with E-state index in [2.05, 4.69) is 0 Å². The van der Waals surface area contributed by atoms with Gasteiger partial charge >= 0.3 is 0 Å². The van der Waals surface area contributed by atoms with Gasteiger partial charge in [-0.1, -0.05) is 17.7 Å². The van der Waals surface area contributed by atoms with Crippen LogP contribution in [0.15, 0.2) is 18.2 Å². The van der Waals surface area contributed by atoms with Gasteiger partial charge in [0.05, 0.1) is 6.61 Å². The third kappa shape index (κ3) is 3.61. The molecular weight excluding hydrogens is 250 g/mol. The molecule has 0 spiro atoms. The second kappa shape index (κ2) is 6.98. The largest absolute Gasteiger partial charge is 0.493 e. The Labute approximate surface area is 113 Å². The van der Waals surface area contributed by atoms with Gasteiger partial charge in [-0.15, -0.1) is 0 Å². The van der Waals surface area contributed by atoms with Crippen molar-refractivity contribution in [2.24, 2.45) is 11.7 Å². The number of ether oxygens (including phenoxy) is 2. The minimum atomic E-state index is 0.581. The third-order valence-corrected chi connectivity index (χ3v) is 3.64. The van der Waals surface area contributed by atoms with Gasteiger partial charge in [-0.2, -0.15) is 0 Å². The van der Waals surface area contributed by atoms with E-state index in [1.165, 1.54) is 0 Å². The van der Waals surface area contributed by atoms with Crippen molar-refractivity contribution >= 4 is 11.6 Å². The molecule has 0 bridgehead atoms. The number of halogens is 1. The molecule has 0 atom stereocenters. The fourth-order valence-corrected chi connectivity index (χ4v) is 2.44. The Kier molecular flexibility index (Phi) is 5.29. The zero-order chi connectivity index (χ0) is 12.8. The van der Waals surface area contributed by atoms with Gasteiger partial charge in [0.2, 0.25) is 0 Å². The summed E-state index contributed by atoms with van der Waals surface area (Å²) in [7, 11) is 0. The van der Waals surface area contributed by atoms with Crippen LogP contribution in [0.4, 0.5) is 0 Å². The minimum absolute atomic E-state index is 0.581. The molecule has 3 nitrogen and oxygen atoms in total. The van der Waals surface area contributed by atoms with Crippen molar-refractivity contribution in [2.45, 2.75) is 19.3 Å². The Balaban J connectivity index is 1.97. The average molecular weight is 270 g/mol. The maximum Gasteiger partial charge on any atom is 0.124 e. The fraction of sp³-hybridized carbons (Fsp3) is 0.571. The van der Waals surface area contributed by atoms with Gasteiger partial charge in [-0.25, -0.2) is 0 Å².